The number of amides is 1. The number of halogens is 2. The summed E-state index contributed by atoms with van der Waals surface area (Å²) in [7, 11) is 0. The van der Waals surface area contributed by atoms with Gasteiger partial charge in [-0.05, 0) is 36.8 Å². The molecular weight excluding hydrogens is 338 g/mol. The fourth-order valence-corrected chi connectivity index (χ4v) is 2.34. The Labute approximate surface area is 149 Å². The number of carbonyl (C=O) groups excluding carboxylic acids is 1. The fourth-order valence-electron chi connectivity index (χ4n) is 2.34. The van der Waals surface area contributed by atoms with Gasteiger partial charge >= 0.3 is 0 Å². The molecule has 7 heteroatoms. The van der Waals surface area contributed by atoms with E-state index in [0.717, 1.165) is 17.7 Å². The van der Waals surface area contributed by atoms with Crippen LogP contribution in [0.15, 0.2) is 60.7 Å². The van der Waals surface area contributed by atoms with E-state index in [1.165, 1.54) is 18.2 Å². The summed E-state index contributed by atoms with van der Waals surface area (Å²) in [5.41, 5.74) is 1.17. The number of nitrogens with zero attached hydrogens (tertiary/aromatic N) is 2. The Morgan fingerprint density at radius 2 is 1.77 bits per heavy atom. The highest BCUT2D eigenvalue weighted by molar-refractivity contribution is 5.92. The monoisotopic (exact) mass is 354 g/mol. The van der Waals surface area contributed by atoms with Crippen molar-refractivity contribution in [2.75, 3.05) is 5.32 Å². The largest absolute Gasteiger partial charge is 0.344 e. The number of anilines is 2. The molecule has 0 radical (unpaired) electrons. The zero-order valence-electron chi connectivity index (χ0n) is 13.9. The summed E-state index contributed by atoms with van der Waals surface area (Å²) in [5, 5.41) is 13.2. The van der Waals surface area contributed by atoms with E-state index >= 15 is 0 Å². The second kappa shape index (κ2) is 7.69. The van der Waals surface area contributed by atoms with E-state index < -0.39 is 11.6 Å². The summed E-state index contributed by atoms with van der Waals surface area (Å²) in [6.45, 7) is 1.87. The van der Waals surface area contributed by atoms with Gasteiger partial charge < -0.3 is 10.6 Å². The molecule has 1 atom stereocenters. The fraction of sp³-hybridized carbons (Fsp3) is 0.105. The Hall–Kier alpha value is -3.35. The quantitative estimate of drug-likeness (QED) is 0.727. The van der Waals surface area contributed by atoms with Crippen molar-refractivity contribution < 1.29 is 13.6 Å². The van der Waals surface area contributed by atoms with Crippen molar-refractivity contribution in [3.05, 3.63) is 83.6 Å². The van der Waals surface area contributed by atoms with Crippen LogP contribution in [0, 0.1) is 11.6 Å². The first kappa shape index (κ1) is 17.5. The topological polar surface area (TPSA) is 66.9 Å². The summed E-state index contributed by atoms with van der Waals surface area (Å²) in [6, 6.07) is 15.5. The van der Waals surface area contributed by atoms with Gasteiger partial charge in [0.1, 0.15) is 11.6 Å². The number of nitrogens with one attached hydrogen (secondary N) is 2. The zero-order valence-corrected chi connectivity index (χ0v) is 13.9. The molecule has 0 saturated carbocycles. The molecule has 26 heavy (non-hydrogen) atoms. The van der Waals surface area contributed by atoms with Crippen molar-refractivity contribution in [2.45, 2.75) is 13.0 Å². The minimum atomic E-state index is -0.745. The van der Waals surface area contributed by atoms with Crippen molar-refractivity contribution in [1.29, 1.82) is 0 Å². The van der Waals surface area contributed by atoms with Gasteiger partial charge in [0.2, 0.25) is 0 Å². The first-order valence-corrected chi connectivity index (χ1v) is 7.94. The second-order valence-electron chi connectivity index (χ2n) is 5.66. The molecule has 132 valence electrons. The molecule has 3 aromatic rings. The molecule has 0 saturated heterocycles. The molecular formula is C19H16F2N4O. The maximum Gasteiger partial charge on any atom is 0.272 e. The predicted molar refractivity (Wildman–Crippen MR) is 94.0 cm³/mol. The van der Waals surface area contributed by atoms with E-state index in [1.54, 1.807) is 0 Å². The average molecular weight is 354 g/mol. The lowest BCUT2D eigenvalue weighted by Gasteiger charge is -2.13. The van der Waals surface area contributed by atoms with E-state index in [9.17, 15) is 13.6 Å². The number of hydrogen-bond donors (Lipinski definition) is 2. The van der Waals surface area contributed by atoms with Crippen LogP contribution in [0.5, 0.6) is 0 Å². The number of aromatic nitrogens is 2. The Morgan fingerprint density at radius 1 is 1.00 bits per heavy atom. The van der Waals surface area contributed by atoms with Crippen LogP contribution in [-0.4, -0.2) is 16.1 Å². The Kier molecular flexibility index (Phi) is 5.17. The van der Waals surface area contributed by atoms with Crippen molar-refractivity contribution in [3.63, 3.8) is 0 Å². The first-order chi connectivity index (χ1) is 12.5. The summed E-state index contributed by atoms with van der Waals surface area (Å²) in [5.74, 6) is -1.54. The highest BCUT2D eigenvalue weighted by Gasteiger charge is 2.13. The van der Waals surface area contributed by atoms with E-state index in [0.29, 0.717) is 0 Å². The SMILES string of the molecule is CC(NC(=O)c1ccc(Nc2ccc(F)cc2F)nn1)c1ccccc1. The summed E-state index contributed by atoms with van der Waals surface area (Å²) in [6.07, 6.45) is 0. The highest BCUT2D eigenvalue weighted by atomic mass is 19.1. The first-order valence-electron chi connectivity index (χ1n) is 7.94. The summed E-state index contributed by atoms with van der Waals surface area (Å²) >= 11 is 0. The lowest BCUT2D eigenvalue weighted by molar-refractivity contribution is 0.0934. The molecule has 2 aromatic carbocycles. The molecule has 2 N–H and O–H groups in total. The molecule has 0 aliphatic carbocycles. The molecule has 0 bridgehead atoms. The molecule has 0 spiro atoms. The molecule has 3 rings (SSSR count). The molecule has 0 fully saturated rings. The smallest absolute Gasteiger partial charge is 0.272 e. The maximum atomic E-state index is 13.6. The predicted octanol–water partition coefficient (Wildman–Crippen LogP) is 3.99. The van der Waals surface area contributed by atoms with Gasteiger partial charge in [0.05, 0.1) is 11.7 Å². The van der Waals surface area contributed by atoms with Crippen LogP contribution in [0.25, 0.3) is 0 Å². The van der Waals surface area contributed by atoms with Gasteiger partial charge in [-0.25, -0.2) is 8.78 Å². The van der Waals surface area contributed by atoms with Gasteiger partial charge in [-0.2, -0.15) is 0 Å². The lowest BCUT2D eigenvalue weighted by Crippen LogP contribution is -2.27. The van der Waals surface area contributed by atoms with Crippen LogP contribution in [0.4, 0.5) is 20.3 Å². The van der Waals surface area contributed by atoms with Gasteiger partial charge in [0.15, 0.2) is 11.5 Å². The molecule has 5 nitrogen and oxygen atoms in total. The van der Waals surface area contributed by atoms with E-state index in [4.69, 9.17) is 0 Å². The summed E-state index contributed by atoms with van der Waals surface area (Å²) in [4.78, 5) is 12.3. The minimum Gasteiger partial charge on any atom is -0.344 e. The van der Waals surface area contributed by atoms with E-state index in [1.807, 2.05) is 37.3 Å². The van der Waals surface area contributed by atoms with Crippen LogP contribution < -0.4 is 10.6 Å². The van der Waals surface area contributed by atoms with Gasteiger partial charge in [-0.15, -0.1) is 10.2 Å². The third kappa shape index (κ3) is 4.18. The van der Waals surface area contributed by atoms with Crippen molar-refractivity contribution in [1.82, 2.24) is 15.5 Å². The average Bonchev–Trinajstić information content (AvgIpc) is 2.65. The molecule has 1 aromatic heterocycles. The van der Waals surface area contributed by atoms with E-state index in [2.05, 4.69) is 20.8 Å². The Balaban J connectivity index is 1.66. The van der Waals surface area contributed by atoms with Gasteiger partial charge in [0.25, 0.3) is 5.91 Å². The van der Waals surface area contributed by atoms with Crippen LogP contribution >= 0.6 is 0 Å². The normalized spacial score (nSPS) is 11.7. The molecule has 1 unspecified atom stereocenters. The number of carbonyl (C=O) groups is 1. The van der Waals surface area contributed by atoms with Crippen LogP contribution in [0.3, 0.4) is 0 Å². The zero-order chi connectivity index (χ0) is 18.5. The lowest BCUT2D eigenvalue weighted by atomic mass is 10.1. The standard InChI is InChI=1S/C19H16F2N4O/c1-12(13-5-3-2-4-6-13)22-19(26)17-9-10-18(25-24-17)23-16-8-7-14(20)11-15(16)21/h2-12H,1H3,(H,22,26)(H,23,25). The number of rotatable bonds is 5. The highest BCUT2D eigenvalue weighted by Crippen LogP contribution is 2.19. The minimum absolute atomic E-state index is 0.0654. The molecule has 0 aliphatic heterocycles. The van der Waals surface area contributed by atoms with Crippen molar-refractivity contribution in [2.24, 2.45) is 0 Å². The van der Waals surface area contributed by atoms with Crippen LogP contribution in [0.1, 0.15) is 29.0 Å². The third-order valence-corrected chi connectivity index (χ3v) is 3.74. The number of hydrogen-bond acceptors (Lipinski definition) is 4. The van der Waals surface area contributed by atoms with Gasteiger partial charge in [0, 0.05) is 6.07 Å². The van der Waals surface area contributed by atoms with Gasteiger partial charge in [-0.1, -0.05) is 30.3 Å². The Morgan fingerprint density at radius 3 is 2.42 bits per heavy atom. The van der Waals surface area contributed by atoms with E-state index in [-0.39, 0.29) is 29.1 Å². The Bertz CT molecular complexity index is 901. The van der Waals surface area contributed by atoms with Crippen molar-refractivity contribution >= 4 is 17.4 Å². The molecule has 1 heterocycles. The third-order valence-electron chi connectivity index (χ3n) is 3.74. The molecule has 1 amide bonds. The summed E-state index contributed by atoms with van der Waals surface area (Å²) < 4.78 is 26.5. The van der Waals surface area contributed by atoms with Crippen LogP contribution in [-0.2, 0) is 0 Å². The van der Waals surface area contributed by atoms with Crippen LogP contribution in [0.2, 0.25) is 0 Å². The number of benzene rings is 2. The van der Waals surface area contributed by atoms with Crippen molar-refractivity contribution in [3.8, 4) is 0 Å². The second-order valence-corrected chi connectivity index (χ2v) is 5.66. The van der Waals surface area contributed by atoms with Gasteiger partial charge in [-0.3, -0.25) is 4.79 Å². The molecule has 0 aliphatic rings. The maximum absolute atomic E-state index is 13.6.